The number of nitrogens with one attached hydrogen (secondary N) is 1. The summed E-state index contributed by atoms with van der Waals surface area (Å²) in [6.45, 7) is 1.92. The van der Waals surface area contributed by atoms with E-state index in [0.29, 0.717) is 29.8 Å². The third-order valence-corrected chi connectivity index (χ3v) is 3.18. The fraction of sp³-hybridized carbons (Fsp3) is 0.429. The molecule has 20 heavy (non-hydrogen) atoms. The van der Waals surface area contributed by atoms with E-state index in [0.717, 1.165) is 0 Å². The number of methoxy groups -OCH3 is 2. The maximum Gasteiger partial charge on any atom is 0.224 e. The molecule has 0 saturated carbocycles. The first-order chi connectivity index (χ1) is 9.47. The Morgan fingerprint density at radius 2 is 2.15 bits per heavy atom. The van der Waals surface area contributed by atoms with Crippen molar-refractivity contribution >= 4 is 28.8 Å². The number of hydrogen-bond donors (Lipinski definition) is 2. The van der Waals surface area contributed by atoms with Gasteiger partial charge in [-0.05, 0) is 31.5 Å². The molecule has 110 valence electrons. The van der Waals surface area contributed by atoms with Crippen LogP contribution in [0.15, 0.2) is 18.2 Å². The summed E-state index contributed by atoms with van der Waals surface area (Å²) >= 11 is 4.91. The van der Waals surface area contributed by atoms with Crippen LogP contribution in [-0.4, -0.2) is 31.2 Å². The Bertz CT molecular complexity index is 491. The Hall–Kier alpha value is -1.66. The molecule has 1 amide bonds. The van der Waals surface area contributed by atoms with E-state index in [1.165, 1.54) is 7.11 Å². The molecule has 1 rings (SSSR count). The molecule has 0 saturated heterocycles. The third kappa shape index (κ3) is 4.79. The summed E-state index contributed by atoms with van der Waals surface area (Å²) in [5.41, 5.74) is 6.86. The van der Waals surface area contributed by atoms with Gasteiger partial charge in [-0.1, -0.05) is 12.2 Å². The molecular formula is C14H20N2O3S. The van der Waals surface area contributed by atoms with Gasteiger partial charge in [0.2, 0.25) is 5.91 Å². The van der Waals surface area contributed by atoms with Gasteiger partial charge in [-0.25, -0.2) is 0 Å². The number of hydrogen-bond acceptors (Lipinski definition) is 4. The van der Waals surface area contributed by atoms with E-state index in [4.69, 9.17) is 27.4 Å². The number of carbonyl (C=O) groups is 1. The van der Waals surface area contributed by atoms with Gasteiger partial charge in [-0.15, -0.1) is 0 Å². The van der Waals surface area contributed by atoms with Gasteiger partial charge in [-0.3, -0.25) is 4.79 Å². The lowest BCUT2D eigenvalue weighted by Crippen LogP contribution is -2.16. The van der Waals surface area contributed by atoms with Crippen LogP contribution in [-0.2, 0) is 9.53 Å². The molecule has 0 spiro atoms. The van der Waals surface area contributed by atoms with Crippen molar-refractivity contribution in [2.24, 2.45) is 5.73 Å². The van der Waals surface area contributed by atoms with Crippen LogP contribution in [0.5, 0.6) is 5.75 Å². The number of amides is 1. The van der Waals surface area contributed by atoms with Crippen LogP contribution in [0.25, 0.3) is 0 Å². The highest BCUT2D eigenvalue weighted by molar-refractivity contribution is 7.80. The molecule has 3 N–H and O–H groups in total. The third-order valence-electron chi connectivity index (χ3n) is 2.94. The predicted molar refractivity (Wildman–Crippen MR) is 83.2 cm³/mol. The summed E-state index contributed by atoms with van der Waals surface area (Å²) in [5, 5.41) is 2.80. The second-order valence-electron chi connectivity index (χ2n) is 4.41. The average Bonchev–Trinajstić information content (AvgIpc) is 2.44. The topological polar surface area (TPSA) is 73.6 Å². The van der Waals surface area contributed by atoms with Crippen LogP contribution in [0.2, 0.25) is 0 Å². The molecule has 0 heterocycles. The van der Waals surface area contributed by atoms with E-state index in [1.807, 2.05) is 6.92 Å². The van der Waals surface area contributed by atoms with Gasteiger partial charge in [0.05, 0.1) is 18.9 Å². The van der Waals surface area contributed by atoms with Gasteiger partial charge < -0.3 is 20.5 Å². The minimum absolute atomic E-state index is 0.0552. The summed E-state index contributed by atoms with van der Waals surface area (Å²) < 4.78 is 10.3. The predicted octanol–water partition coefficient (Wildman–Crippen LogP) is 2.08. The molecule has 0 aromatic heterocycles. The van der Waals surface area contributed by atoms with E-state index in [2.05, 4.69) is 5.32 Å². The van der Waals surface area contributed by atoms with Crippen LogP contribution < -0.4 is 15.8 Å². The molecule has 0 aliphatic heterocycles. The van der Waals surface area contributed by atoms with E-state index in [9.17, 15) is 4.79 Å². The maximum atomic E-state index is 11.8. The molecule has 0 radical (unpaired) electrons. The highest BCUT2D eigenvalue weighted by Crippen LogP contribution is 2.25. The minimum Gasteiger partial charge on any atom is -0.495 e. The van der Waals surface area contributed by atoms with Crippen LogP contribution in [0.3, 0.4) is 0 Å². The molecule has 5 nitrogen and oxygen atoms in total. The van der Waals surface area contributed by atoms with Crippen molar-refractivity contribution in [2.45, 2.75) is 25.9 Å². The highest BCUT2D eigenvalue weighted by Gasteiger charge is 2.10. The summed E-state index contributed by atoms with van der Waals surface area (Å²) in [4.78, 5) is 12.1. The van der Waals surface area contributed by atoms with Gasteiger partial charge in [0.25, 0.3) is 0 Å². The molecule has 1 aromatic rings. The van der Waals surface area contributed by atoms with Gasteiger partial charge in [0.1, 0.15) is 10.7 Å². The molecule has 0 bridgehead atoms. The van der Waals surface area contributed by atoms with Gasteiger partial charge in [0.15, 0.2) is 0 Å². The number of rotatable bonds is 7. The molecule has 1 unspecified atom stereocenters. The van der Waals surface area contributed by atoms with E-state index >= 15 is 0 Å². The van der Waals surface area contributed by atoms with E-state index < -0.39 is 0 Å². The van der Waals surface area contributed by atoms with Crippen LogP contribution >= 0.6 is 12.2 Å². The lowest BCUT2D eigenvalue weighted by Gasteiger charge is -2.13. The Morgan fingerprint density at radius 3 is 2.70 bits per heavy atom. The fourth-order valence-corrected chi connectivity index (χ4v) is 1.74. The molecule has 1 atom stereocenters. The van der Waals surface area contributed by atoms with Crippen molar-refractivity contribution in [1.29, 1.82) is 0 Å². The van der Waals surface area contributed by atoms with Crippen molar-refractivity contribution in [3.8, 4) is 5.75 Å². The lowest BCUT2D eigenvalue weighted by molar-refractivity contribution is -0.116. The summed E-state index contributed by atoms with van der Waals surface area (Å²) in [6.07, 6.45) is 1.10. The van der Waals surface area contributed by atoms with E-state index in [-0.39, 0.29) is 17.0 Å². The molecule has 0 aliphatic carbocycles. The summed E-state index contributed by atoms with van der Waals surface area (Å²) in [6, 6.07) is 5.18. The Labute approximate surface area is 124 Å². The zero-order valence-corrected chi connectivity index (χ0v) is 12.8. The number of thiocarbonyl (C=S) groups is 1. The SMILES string of the molecule is COc1cc(C(N)=S)ccc1NC(=O)CCC(C)OC. The van der Waals surface area contributed by atoms with Crippen LogP contribution in [0, 0.1) is 0 Å². The normalized spacial score (nSPS) is 11.8. The average molecular weight is 296 g/mol. The van der Waals surface area contributed by atoms with Crippen LogP contribution in [0.4, 0.5) is 5.69 Å². The number of anilines is 1. The Morgan fingerprint density at radius 1 is 1.45 bits per heavy atom. The maximum absolute atomic E-state index is 11.8. The second-order valence-corrected chi connectivity index (χ2v) is 4.85. The molecule has 6 heteroatoms. The van der Waals surface area contributed by atoms with Gasteiger partial charge in [0, 0.05) is 19.1 Å². The monoisotopic (exact) mass is 296 g/mol. The van der Waals surface area contributed by atoms with Gasteiger partial charge >= 0.3 is 0 Å². The molecule has 1 aromatic carbocycles. The van der Waals surface area contributed by atoms with E-state index in [1.54, 1.807) is 25.3 Å². The van der Waals surface area contributed by atoms with Crippen LogP contribution in [0.1, 0.15) is 25.3 Å². The molecular weight excluding hydrogens is 276 g/mol. The number of benzene rings is 1. The second kappa shape index (κ2) is 7.81. The first-order valence-corrected chi connectivity index (χ1v) is 6.69. The fourth-order valence-electron chi connectivity index (χ4n) is 1.61. The Balaban J connectivity index is 2.72. The first kappa shape index (κ1) is 16.4. The largest absolute Gasteiger partial charge is 0.495 e. The first-order valence-electron chi connectivity index (χ1n) is 6.28. The van der Waals surface area contributed by atoms with Crippen molar-refractivity contribution in [3.05, 3.63) is 23.8 Å². The zero-order chi connectivity index (χ0) is 15.1. The van der Waals surface area contributed by atoms with Crippen molar-refractivity contribution in [1.82, 2.24) is 0 Å². The van der Waals surface area contributed by atoms with Crippen molar-refractivity contribution in [2.75, 3.05) is 19.5 Å². The summed E-state index contributed by atoms with van der Waals surface area (Å²) in [5.74, 6) is 0.443. The Kier molecular flexibility index (Phi) is 6.41. The number of carbonyl (C=O) groups excluding carboxylic acids is 1. The van der Waals surface area contributed by atoms with Gasteiger partial charge in [-0.2, -0.15) is 0 Å². The smallest absolute Gasteiger partial charge is 0.224 e. The number of nitrogens with two attached hydrogens (primary N) is 1. The lowest BCUT2D eigenvalue weighted by atomic mass is 10.1. The standard InChI is InChI=1S/C14H20N2O3S/c1-9(18-2)4-7-13(17)16-11-6-5-10(14(15)20)8-12(11)19-3/h5-6,8-9H,4,7H2,1-3H3,(H2,15,20)(H,16,17). The molecule has 0 aliphatic rings. The molecule has 0 fully saturated rings. The highest BCUT2D eigenvalue weighted by atomic mass is 32.1. The van der Waals surface area contributed by atoms with Crippen molar-refractivity contribution in [3.63, 3.8) is 0 Å². The quantitative estimate of drug-likeness (QED) is 0.754. The summed E-state index contributed by atoms with van der Waals surface area (Å²) in [7, 11) is 3.15. The van der Waals surface area contributed by atoms with Crippen molar-refractivity contribution < 1.29 is 14.3 Å². The zero-order valence-electron chi connectivity index (χ0n) is 11.9. The minimum atomic E-state index is -0.0877. The number of ether oxygens (including phenoxy) is 2.